The molecule has 0 saturated heterocycles. The molecule has 6 heteroatoms. The zero-order valence-corrected chi connectivity index (χ0v) is 9.50. The third kappa shape index (κ3) is 17.0. The Labute approximate surface area is 88.5 Å². The Balaban J connectivity index is 0. The van der Waals surface area contributed by atoms with Gasteiger partial charge in [-0.1, -0.05) is 0 Å². The molecule has 0 amide bonds. The van der Waals surface area contributed by atoms with Crippen LogP contribution in [0.1, 0.15) is 0 Å². The maximum absolute atomic E-state index is 5.27. The van der Waals surface area contributed by atoms with Gasteiger partial charge in [0.1, 0.15) is 0 Å². The van der Waals surface area contributed by atoms with E-state index in [1.54, 1.807) is 0 Å². The van der Waals surface area contributed by atoms with E-state index in [-0.39, 0.29) is 0 Å². The quantitative estimate of drug-likeness (QED) is 0.349. The molecule has 0 radical (unpaired) electrons. The molecule has 0 aromatic heterocycles. The van der Waals surface area contributed by atoms with Gasteiger partial charge < -0.3 is 22.1 Å². The fourth-order valence-corrected chi connectivity index (χ4v) is 0.631. The van der Waals surface area contributed by atoms with E-state index in [4.69, 9.17) is 11.5 Å². The zero-order valence-electron chi connectivity index (χ0n) is 7.11. The summed E-state index contributed by atoms with van der Waals surface area (Å²) in [6.45, 7) is 5.14. The summed E-state index contributed by atoms with van der Waals surface area (Å²) in [5, 5.41) is 6.33. The van der Waals surface area contributed by atoms with Crippen LogP contribution < -0.4 is 22.1 Å². The fraction of sp³-hybridized carbons (Fsp3) is 1.00. The Hall–Kier alpha value is 0.753. The van der Waals surface area contributed by atoms with Gasteiger partial charge in [-0.2, -0.15) is 0 Å². The predicted molar refractivity (Wildman–Crippen MR) is 49.7 cm³/mol. The van der Waals surface area contributed by atoms with Gasteiger partial charge in [0.15, 0.2) is 0 Å². The van der Waals surface area contributed by atoms with Crippen molar-refractivity contribution in [1.82, 2.24) is 10.6 Å². The van der Waals surface area contributed by atoms with Crippen LogP contribution in [0.5, 0.6) is 0 Å². The molecule has 0 unspecified atom stereocenters. The molecule has 4 nitrogen and oxygen atoms in total. The molecule has 12 heavy (non-hydrogen) atoms. The summed E-state index contributed by atoms with van der Waals surface area (Å²) >= 11 is 2.02. The first-order valence-electron chi connectivity index (χ1n) is 3.86. The number of nitrogens with one attached hydrogen (secondary N) is 2. The van der Waals surface area contributed by atoms with Crippen molar-refractivity contribution in [2.75, 3.05) is 39.3 Å². The number of rotatable bonds is 7. The maximum atomic E-state index is 5.27. The molecular formula is C6H18ClN4Rh. The number of nitrogens with two attached hydrogens (primary N) is 2. The van der Waals surface area contributed by atoms with E-state index in [1.165, 1.54) is 0 Å². The fourth-order valence-electron chi connectivity index (χ4n) is 0.631. The minimum atomic E-state index is 0.705. The Bertz CT molecular complexity index is 59.5. The van der Waals surface area contributed by atoms with Crippen molar-refractivity contribution in [2.24, 2.45) is 11.5 Å². The van der Waals surface area contributed by atoms with Gasteiger partial charge in [0.05, 0.1) is 0 Å². The first-order valence-corrected chi connectivity index (χ1v) is 5.97. The molecule has 0 aliphatic rings. The van der Waals surface area contributed by atoms with Crippen LogP contribution in [0.4, 0.5) is 0 Å². The third-order valence-corrected chi connectivity index (χ3v) is 1.12. The van der Waals surface area contributed by atoms with Crippen LogP contribution in [0, 0.1) is 0 Å². The van der Waals surface area contributed by atoms with Crippen LogP contribution >= 0.6 is 9.69 Å². The molecule has 0 spiro atoms. The van der Waals surface area contributed by atoms with Crippen molar-refractivity contribution in [1.29, 1.82) is 0 Å². The standard InChI is InChI=1S/C6H18N4.ClH.Rh/c7-1-3-9-5-6-10-4-2-8;;/h9-10H,1-8H2;1H;/q;;+1/p-1. The van der Waals surface area contributed by atoms with Gasteiger partial charge in [-0.05, 0) is 0 Å². The minimum absolute atomic E-state index is 0.705. The van der Waals surface area contributed by atoms with Crippen LogP contribution in [0.2, 0.25) is 0 Å². The van der Waals surface area contributed by atoms with E-state index in [0.29, 0.717) is 13.1 Å². The molecule has 0 heterocycles. The molecule has 0 rings (SSSR count). The average molecular weight is 285 g/mol. The van der Waals surface area contributed by atoms with Crippen LogP contribution in [0.15, 0.2) is 0 Å². The molecule has 0 aliphatic carbocycles. The second kappa shape index (κ2) is 17.7. The Kier molecular flexibility index (Phi) is 22.5. The van der Waals surface area contributed by atoms with E-state index in [1.807, 2.05) is 17.3 Å². The molecule has 0 aliphatic heterocycles. The van der Waals surface area contributed by atoms with E-state index < -0.39 is 0 Å². The van der Waals surface area contributed by atoms with Crippen LogP contribution in [0.25, 0.3) is 0 Å². The number of hydrogen-bond acceptors (Lipinski definition) is 4. The molecular weight excluding hydrogens is 266 g/mol. The summed E-state index contributed by atoms with van der Waals surface area (Å²) in [4.78, 5) is 0. The van der Waals surface area contributed by atoms with Crippen molar-refractivity contribution in [3.63, 3.8) is 0 Å². The summed E-state index contributed by atoms with van der Waals surface area (Å²) in [5.41, 5.74) is 10.5. The van der Waals surface area contributed by atoms with E-state index in [0.717, 1.165) is 26.2 Å². The molecule has 0 bridgehead atoms. The average Bonchev–Trinajstić information content (AvgIpc) is 2.15. The summed E-state index contributed by atoms with van der Waals surface area (Å²) in [5.74, 6) is 0. The van der Waals surface area contributed by atoms with Crippen LogP contribution in [-0.4, -0.2) is 39.3 Å². The van der Waals surface area contributed by atoms with Gasteiger partial charge >= 0.3 is 27.0 Å². The van der Waals surface area contributed by atoms with Gasteiger partial charge in [0, 0.05) is 39.3 Å². The van der Waals surface area contributed by atoms with Crippen molar-refractivity contribution in [3.8, 4) is 0 Å². The van der Waals surface area contributed by atoms with Crippen molar-refractivity contribution >= 4 is 9.69 Å². The second-order valence-electron chi connectivity index (χ2n) is 2.08. The van der Waals surface area contributed by atoms with Crippen molar-refractivity contribution in [2.45, 2.75) is 0 Å². The topological polar surface area (TPSA) is 76.1 Å². The zero-order chi connectivity index (χ0) is 9.66. The Morgan fingerprint density at radius 3 is 1.42 bits per heavy atom. The van der Waals surface area contributed by atoms with E-state index in [2.05, 4.69) is 20.3 Å². The van der Waals surface area contributed by atoms with Crippen LogP contribution in [0.3, 0.4) is 0 Å². The summed E-state index contributed by atoms with van der Waals surface area (Å²) < 4.78 is 0. The first-order chi connectivity index (χ1) is 5.91. The van der Waals surface area contributed by atoms with Gasteiger partial charge in [-0.3, -0.25) is 0 Å². The monoisotopic (exact) mass is 284 g/mol. The number of halogens is 1. The van der Waals surface area contributed by atoms with Gasteiger partial charge in [0.25, 0.3) is 0 Å². The molecule has 0 atom stereocenters. The van der Waals surface area contributed by atoms with Gasteiger partial charge in [-0.15, -0.1) is 0 Å². The van der Waals surface area contributed by atoms with Crippen LogP contribution in [-0.2, 0) is 17.3 Å². The van der Waals surface area contributed by atoms with E-state index in [9.17, 15) is 0 Å². The molecule has 0 saturated carbocycles. The Morgan fingerprint density at radius 2 is 1.17 bits per heavy atom. The first kappa shape index (κ1) is 15.2. The molecule has 0 fully saturated rings. The second-order valence-corrected chi connectivity index (χ2v) is 2.08. The summed E-state index contributed by atoms with van der Waals surface area (Å²) in [7, 11) is 4.53. The summed E-state index contributed by atoms with van der Waals surface area (Å²) in [6, 6.07) is 0. The SMILES string of the molecule is NCCNCCNCCN.[Cl][Rh]. The molecule has 78 valence electrons. The third-order valence-electron chi connectivity index (χ3n) is 1.12. The Morgan fingerprint density at radius 1 is 0.833 bits per heavy atom. The molecule has 6 N–H and O–H groups in total. The summed E-state index contributed by atoms with van der Waals surface area (Å²) in [6.07, 6.45) is 0. The van der Waals surface area contributed by atoms with Gasteiger partial charge in [-0.25, -0.2) is 0 Å². The number of hydrogen-bond donors (Lipinski definition) is 4. The van der Waals surface area contributed by atoms with Gasteiger partial charge in [0.2, 0.25) is 0 Å². The van der Waals surface area contributed by atoms with Crippen molar-refractivity contribution in [3.05, 3.63) is 0 Å². The molecule has 0 aromatic carbocycles. The normalized spacial score (nSPS) is 9.08. The predicted octanol–water partition coefficient (Wildman–Crippen LogP) is -1.23. The molecule has 0 aromatic rings. The van der Waals surface area contributed by atoms with Crippen molar-refractivity contribution < 1.29 is 17.3 Å². The van der Waals surface area contributed by atoms with E-state index >= 15 is 0 Å².